The second-order valence-corrected chi connectivity index (χ2v) is 5.57. The van der Waals surface area contributed by atoms with Gasteiger partial charge in [0.25, 0.3) is 0 Å². The third-order valence-corrected chi connectivity index (χ3v) is 4.27. The number of hydrogen-bond acceptors (Lipinski definition) is 6. The Kier molecular flexibility index (Phi) is 3.60. The third-order valence-electron chi connectivity index (χ3n) is 4.27. The minimum Gasteiger partial charge on any atom is -0.486 e. The monoisotopic (exact) mass is 298 g/mol. The molecule has 3 heterocycles. The van der Waals surface area contributed by atoms with Gasteiger partial charge in [-0.1, -0.05) is 0 Å². The van der Waals surface area contributed by atoms with Gasteiger partial charge in [0.05, 0.1) is 18.8 Å². The smallest absolute Gasteiger partial charge is 0.225 e. The number of pyridine rings is 1. The van der Waals surface area contributed by atoms with Crippen LogP contribution >= 0.6 is 0 Å². The third kappa shape index (κ3) is 2.50. The van der Waals surface area contributed by atoms with Gasteiger partial charge >= 0.3 is 0 Å². The molecule has 1 aliphatic carbocycles. The van der Waals surface area contributed by atoms with Crippen molar-refractivity contribution in [1.82, 2.24) is 15.0 Å². The second-order valence-electron chi connectivity index (χ2n) is 5.57. The van der Waals surface area contributed by atoms with E-state index in [0.29, 0.717) is 6.61 Å². The number of ether oxygens (including phenoxy) is 2. The molecule has 114 valence electrons. The van der Waals surface area contributed by atoms with E-state index in [1.165, 1.54) is 0 Å². The highest BCUT2D eigenvalue weighted by Gasteiger charge is 2.44. The molecule has 6 nitrogen and oxygen atoms in total. The predicted molar refractivity (Wildman–Crippen MR) is 80.8 cm³/mol. The summed E-state index contributed by atoms with van der Waals surface area (Å²) in [5.74, 6) is 1.58. The van der Waals surface area contributed by atoms with Gasteiger partial charge in [-0.3, -0.25) is 4.98 Å². The molecule has 2 aromatic rings. The van der Waals surface area contributed by atoms with Crippen LogP contribution in [0.3, 0.4) is 0 Å². The molecular weight excluding hydrogens is 280 g/mol. The van der Waals surface area contributed by atoms with Crippen LogP contribution in [0.4, 0.5) is 5.95 Å². The largest absolute Gasteiger partial charge is 0.486 e. The second kappa shape index (κ2) is 5.88. The Morgan fingerprint density at radius 1 is 1.14 bits per heavy atom. The fourth-order valence-electron chi connectivity index (χ4n) is 3.32. The molecule has 0 amide bonds. The quantitative estimate of drug-likeness (QED) is 0.859. The van der Waals surface area contributed by atoms with Crippen molar-refractivity contribution in [2.75, 3.05) is 18.1 Å². The van der Waals surface area contributed by atoms with Crippen molar-refractivity contribution in [2.24, 2.45) is 0 Å². The Morgan fingerprint density at radius 3 is 2.86 bits per heavy atom. The highest BCUT2D eigenvalue weighted by Crippen LogP contribution is 2.34. The zero-order valence-corrected chi connectivity index (χ0v) is 12.2. The number of aromatic nitrogens is 3. The van der Waals surface area contributed by atoms with E-state index in [-0.39, 0.29) is 18.2 Å². The Labute approximate surface area is 129 Å². The van der Waals surface area contributed by atoms with Crippen molar-refractivity contribution in [1.29, 1.82) is 0 Å². The van der Waals surface area contributed by atoms with E-state index in [9.17, 15) is 0 Å². The van der Waals surface area contributed by atoms with Crippen LogP contribution in [-0.2, 0) is 4.74 Å². The van der Waals surface area contributed by atoms with E-state index in [4.69, 9.17) is 9.47 Å². The Balaban J connectivity index is 1.51. The summed E-state index contributed by atoms with van der Waals surface area (Å²) < 4.78 is 12.1. The van der Waals surface area contributed by atoms with E-state index in [1.807, 2.05) is 18.2 Å². The van der Waals surface area contributed by atoms with E-state index >= 15 is 0 Å². The minimum absolute atomic E-state index is 0.0535. The summed E-state index contributed by atoms with van der Waals surface area (Å²) in [5, 5.41) is 0. The van der Waals surface area contributed by atoms with Crippen molar-refractivity contribution in [3.05, 3.63) is 43.0 Å². The average Bonchev–Trinajstić information content (AvgIpc) is 3.00. The van der Waals surface area contributed by atoms with Crippen LogP contribution in [0.2, 0.25) is 0 Å². The maximum Gasteiger partial charge on any atom is 0.225 e. The molecule has 2 aliphatic rings. The topological polar surface area (TPSA) is 60.4 Å². The molecule has 0 aromatic carbocycles. The summed E-state index contributed by atoms with van der Waals surface area (Å²) >= 11 is 0. The molecule has 0 radical (unpaired) electrons. The summed E-state index contributed by atoms with van der Waals surface area (Å²) in [6.45, 7) is 1.50. The van der Waals surface area contributed by atoms with E-state index < -0.39 is 0 Å². The average molecular weight is 298 g/mol. The Bertz CT molecular complexity index is 610. The minimum atomic E-state index is 0.0535. The van der Waals surface area contributed by atoms with Gasteiger partial charge in [-0.05, 0) is 31.0 Å². The number of nitrogens with zero attached hydrogens (tertiary/aromatic N) is 4. The highest BCUT2D eigenvalue weighted by molar-refractivity contribution is 5.33. The summed E-state index contributed by atoms with van der Waals surface area (Å²) in [7, 11) is 0. The molecule has 0 unspecified atom stereocenters. The van der Waals surface area contributed by atoms with Crippen molar-refractivity contribution >= 4 is 5.95 Å². The van der Waals surface area contributed by atoms with Crippen LogP contribution in [0.1, 0.15) is 12.8 Å². The highest BCUT2D eigenvalue weighted by atomic mass is 16.5. The number of rotatable bonds is 3. The first kappa shape index (κ1) is 13.5. The molecule has 0 N–H and O–H groups in total. The van der Waals surface area contributed by atoms with E-state index in [1.54, 1.807) is 24.8 Å². The van der Waals surface area contributed by atoms with Crippen LogP contribution in [0.15, 0.2) is 43.0 Å². The first-order chi connectivity index (χ1) is 10.9. The van der Waals surface area contributed by atoms with Crippen molar-refractivity contribution in [3.63, 3.8) is 0 Å². The van der Waals surface area contributed by atoms with Gasteiger partial charge < -0.3 is 14.4 Å². The van der Waals surface area contributed by atoms with Gasteiger partial charge in [0.15, 0.2) is 0 Å². The van der Waals surface area contributed by atoms with Crippen molar-refractivity contribution in [2.45, 2.75) is 31.1 Å². The van der Waals surface area contributed by atoms with Crippen LogP contribution in [0.25, 0.3) is 0 Å². The lowest BCUT2D eigenvalue weighted by Crippen LogP contribution is -2.53. The van der Waals surface area contributed by atoms with Crippen LogP contribution in [-0.4, -0.2) is 46.4 Å². The summed E-state index contributed by atoms with van der Waals surface area (Å²) in [5.41, 5.74) is 0. The molecular formula is C16H18N4O2. The number of morpholine rings is 1. The summed E-state index contributed by atoms with van der Waals surface area (Å²) in [4.78, 5) is 15.1. The Hall–Kier alpha value is -2.21. The molecule has 6 heteroatoms. The molecule has 2 aromatic heterocycles. The molecule has 1 saturated carbocycles. The lowest BCUT2D eigenvalue weighted by atomic mass is 10.1. The number of anilines is 1. The Morgan fingerprint density at radius 2 is 2.05 bits per heavy atom. The number of fused-ring (bicyclic) bond motifs is 1. The van der Waals surface area contributed by atoms with Crippen LogP contribution < -0.4 is 9.64 Å². The standard InChI is InChI=1S/C16H18N4O2/c1-3-12(11-17-6-1)22-14-5-4-13-15(14)21-10-9-20(13)16-18-7-2-8-19-16/h1-3,6-8,11,13-15H,4-5,9-10H2/t13-,14+,15+/m0/s1. The van der Waals surface area contributed by atoms with Crippen LogP contribution in [0, 0.1) is 0 Å². The fraction of sp³-hybridized carbons (Fsp3) is 0.438. The van der Waals surface area contributed by atoms with Gasteiger partial charge in [-0.25, -0.2) is 9.97 Å². The molecule has 0 bridgehead atoms. The molecule has 22 heavy (non-hydrogen) atoms. The summed E-state index contributed by atoms with van der Waals surface area (Å²) in [6, 6.07) is 5.93. The molecule has 1 saturated heterocycles. The van der Waals surface area contributed by atoms with Crippen LogP contribution in [0.5, 0.6) is 5.75 Å². The van der Waals surface area contributed by atoms with E-state index in [2.05, 4.69) is 19.9 Å². The zero-order chi connectivity index (χ0) is 14.8. The first-order valence-corrected chi connectivity index (χ1v) is 7.64. The first-order valence-electron chi connectivity index (χ1n) is 7.64. The maximum absolute atomic E-state index is 6.07. The van der Waals surface area contributed by atoms with Gasteiger partial charge in [0.1, 0.15) is 18.0 Å². The molecule has 2 fully saturated rings. The molecule has 1 aliphatic heterocycles. The molecule has 0 spiro atoms. The predicted octanol–water partition coefficient (Wildman–Crippen LogP) is 1.69. The SMILES string of the molecule is c1cnc(N2CCO[C@H]3[C@H](Oc4cccnc4)CC[C@@H]32)nc1. The molecule has 3 atom stereocenters. The maximum atomic E-state index is 6.07. The van der Waals surface area contributed by atoms with Gasteiger partial charge in [0.2, 0.25) is 5.95 Å². The lowest BCUT2D eigenvalue weighted by molar-refractivity contribution is -0.0311. The summed E-state index contributed by atoms with van der Waals surface area (Å²) in [6.07, 6.45) is 9.15. The van der Waals surface area contributed by atoms with Gasteiger partial charge in [0, 0.05) is 25.1 Å². The zero-order valence-electron chi connectivity index (χ0n) is 12.2. The van der Waals surface area contributed by atoms with Gasteiger partial charge in [-0.2, -0.15) is 0 Å². The fourth-order valence-corrected chi connectivity index (χ4v) is 3.32. The number of hydrogen-bond donors (Lipinski definition) is 0. The van der Waals surface area contributed by atoms with Gasteiger partial charge in [-0.15, -0.1) is 0 Å². The van der Waals surface area contributed by atoms with E-state index in [0.717, 1.165) is 31.1 Å². The molecule has 4 rings (SSSR count). The van der Waals surface area contributed by atoms with Crippen molar-refractivity contribution < 1.29 is 9.47 Å². The van der Waals surface area contributed by atoms with Crippen molar-refractivity contribution in [3.8, 4) is 5.75 Å². The normalized spacial score (nSPS) is 27.5. The lowest BCUT2D eigenvalue weighted by Gasteiger charge is -2.38.